The molecule has 2 aromatic carbocycles. The van der Waals surface area contributed by atoms with Gasteiger partial charge in [-0.2, -0.15) is 0 Å². The van der Waals surface area contributed by atoms with E-state index in [1.807, 2.05) is 0 Å². The van der Waals surface area contributed by atoms with E-state index in [1.54, 1.807) is 37.3 Å². The van der Waals surface area contributed by atoms with Crippen LogP contribution in [0.25, 0.3) is 10.9 Å². The molecule has 0 fully saturated rings. The second-order valence-corrected chi connectivity index (χ2v) is 5.83. The van der Waals surface area contributed by atoms with Gasteiger partial charge in [0.2, 0.25) is 0 Å². The first-order valence-corrected chi connectivity index (χ1v) is 8.11. The van der Waals surface area contributed by atoms with E-state index in [2.05, 4.69) is 4.98 Å². The van der Waals surface area contributed by atoms with Crippen LogP contribution in [0.1, 0.15) is 18.6 Å². The molecule has 0 aliphatic carbocycles. The van der Waals surface area contributed by atoms with Crippen molar-refractivity contribution in [3.63, 3.8) is 0 Å². The first-order chi connectivity index (χ1) is 12.5. The molecule has 0 saturated heterocycles. The lowest BCUT2D eigenvalue weighted by atomic mass is 10.0. The van der Waals surface area contributed by atoms with Crippen molar-refractivity contribution in [3.8, 4) is 11.5 Å². The number of para-hydroxylation sites is 1. The predicted octanol–water partition coefficient (Wildman–Crippen LogP) is 5.03. The van der Waals surface area contributed by atoms with E-state index in [0.29, 0.717) is 16.9 Å². The molecule has 0 aliphatic rings. The van der Waals surface area contributed by atoms with Crippen LogP contribution >= 0.6 is 0 Å². The highest BCUT2D eigenvalue weighted by atomic mass is 19.1. The standard InChI is InChI=1S/C20H19F2NO3/c1-12(24-2)20(25-3)18-15(21)7-5-9-17(18)26-14-10-13-6-4-8-16(22)19(13)23-11-14/h4-12,20H,1-3H3/t12-,20+/m0/s1. The van der Waals surface area contributed by atoms with E-state index in [0.717, 1.165) is 0 Å². The third-order valence-electron chi connectivity index (χ3n) is 4.21. The second kappa shape index (κ2) is 7.76. The summed E-state index contributed by atoms with van der Waals surface area (Å²) in [6, 6.07) is 10.9. The third kappa shape index (κ3) is 3.52. The zero-order chi connectivity index (χ0) is 18.7. The lowest BCUT2D eigenvalue weighted by molar-refractivity contribution is -0.0302. The number of halogens is 2. The van der Waals surface area contributed by atoms with Crippen molar-refractivity contribution in [3.05, 3.63) is 65.9 Å². The van der Waals surface area contributed by atoms with Crippen LogP contribution in [0.2, 0.25) is 0 Å². The van der Waals surface area contributed by atoms with Gasteiger partial charge in [-0.15, -0.1) is 0 Å². The van der Waals surface area contributed by atoms with Crippen molar-refractivity contribution in [1.82, 2.24) is 4.98 Å². The number of hydrogen-bond donors (Lipinski definition) is 0. The molecular formula is C20H19F2NO3. The Bertz CT molecular complexity index is 917. The van der Waals surface area contributed by atoms with Gasteiger partial charge in [0.15, 0.2) is 0 Å². The van der Waals surface area contributed by atoms with E-state index >= 15 is 0 Å². The molecule has 0 N–H and O–H groups in total. The highest BCUT2D eigenvalue weighted by Crippen LogP contribution is 2.36. The van der Waals surface area contributed by atoms with Gasteiger partial charge in [0.25, 0.3) is 0 Å². The lowest BCUT2D eigenvalue weighted by Crippen LogP contribution is -2.21. The molecule has 0 radical (unpaired) electrons. The SMILES string of the molecule is CO[C@@H](C)[C@@H](OC)c1c(F)cccc1Oc1cnc2c(F)cccc2c1. The molecule has 1 aromatic heterocycles. The number of ether oxygens (including phenoxy) is 3. The lowest BCUT2D eigenvalue weighted by Gasteiger charge is -2.24. The Kier molecular flexibility index (Phi) is 5.44. The normalized spacial score (nSPS) is 13.6. The van der Waals surface area contributed by atoms with Crippen LogP contribution < -0.4 is 4.74 Å². The average molecular weight is 359 g/mol. The number of hydrogen-bond acceptors (Lipinski definition) is 4. The molecule has 0 aliphatic heterocycles. The molecule has 26 heavy (non-hydrogen) atoms. The van der Waals surface area contributed by atoms with E-state index < -0.39 is 17.7 Å². The predicted molar refractivity (Wildman–Crippen MR) is 94.4 cm³/mol. The minimum atomic E-state index is -0.651. The number of aromatic nitrogens is 1. The summed E-state index contributed by atoms with van der Waals surface area (Å²) in [6.07, 6.45) is 0.368. The van der Waals surface area contributed by atoms with E-state index in [-0.39, 0.29) is 17.2 Å². The first kappa shape index (κ1) is 18.2. The zero-order valence-corrected chi connectivity index (χ0v) is 14.7. The molecule has 0 spiro atoms. The molecule has 6 heteroatoms. The molecule has 0 saturated carbocycles. The number of benzene rings is 2. The fraction of sp³-hybridized carbons (Fsp3) is 0.250. The molecule has 136 valence electrons. The number of fused-ring (bicyclic) bond motifs is 1. The summed E-state index contributed by atoms with van der Waals surface area (Å²) in [6.45, 7) is 1.78. The quantitative estimate of drug-likeness (QED) is 0.619. The topological polar surface area (TPSA) is 40.6 Å². The Morgan fingerprint density at radius 3 is 2.42 bits per heavy atom. The minimum Gasteiger partial charge on any atom is -0.455 e. The van der Waals surface area contributed by atoms with Crippen LogP contribution in [-0.2, 0) is 9.47 Å². The van der Waals surface area contributed by atoms with Crippen LogP contribution in [0.3, 0.4) is 0 Å². The van der Waals surface area contributed by atoms with Gasteiger partial charge in [-0.25, -0.2) is 13.8 Å². The molecular weight excluding hydrogens is 340 g/mol. The minimum absolute atomic E-state index is 0.252. The largest absolute Gasteiger partial charge is 0.455 e. The Morgan fingerprint density at radius 2 is 1.69 bits per heavy atom. The van der Waals surface area contributed by atoms with E-state index in [1.165, 1.54) is 32.5 Å². The smallest absolute Gasteiger partial charge is 0.149 e. The summed E-state index contributed by atoms with van der Waals surface area (Å²) < 4.78 is 44.8. The van der Waals surface area contributed by atoms with Crippen LogP contribution in [-0.4, -0.2) is 25.3 Å². The van der Waals surface area contributed by atoms with Gasteiger partial charge >= 0.3 is 0 Å². The number of pyridine rings is 1. The first-order valence-electron chi connectivity index (χ1n) is 8.11. The summed E-state index contributed by atoms with van der Waals surface area (Å²) in [4.78, 5) is 4.10. The number of methoxy groups -OCH3 is 2. The Hall–Kier alpha value is -2.57. The Labute approximate surface area is 150 Å². The molecule has 3 rings (SSSR count). The maximum atomic E-state index is 14.5. The Balaban J connectivity index is 2.01. The van der Waals surface area contributed by atoms with Gasteiger partial charge in [0.05, 0.1) is 17.9 Å². The van der Waals surface area contributed by atoms with Gasteiger partial charge in [0, 0.05) is 19.6 Å². The van der Waals surface area contributed by atoms with Gasteiger partial charge < -0.3 is 14.2 Å². The maximum absolute atomic E-state index is 14.5. The van der Waals surface area contributed by atoms with Crippen molar-refractivity contribution >= 4 is 10.9 Å². The maximum Gasteiger partial charge on any atom is 0.149 e. The van der Waals surface area contributed by atoms with Crippen molar-refractivity contribution in [2.45, 2.75) is 19.1 Å². The molecule has 0 unspecified atom stereocenters. The average Bonchev–Trinajstić information content (AvgIpc) is 2.64. The van der Waals surface area contributed by atoms with Crippen LogP contribution in [0.4, 0.5) is 8.78 Å². The van der Waals surface area contributed by atoms with Gasteiger partial charge in [0.1, 0.15) is 34.8 Å². The van der Waals surface area contributed by atoms with E-state index in [9.17, 15) is 8.78 Å². The van der Waals surface area contributed by atoms with Crippen molar-refractivity contribution in [2.75, 3.05) is 14.2 Å². The molecule has 0 bridgehead atoms. The highest BCUT2D eigenvalue weighted by molar-refractivity contribution is 5.80. The van der Waals surface area contributed by atoms with Crippen molar-refractivity contribution in [2.24, 2.45) is 0 Å². The molecule has 0 amide bonds. The summed E-state index contributed by atoms with van der Waals surface area (Å²) in [5, 5.41) is 0.592. The van der Waals surface area contributed by atoms with Gasteiger partial charge in [-0.05, 0) is 31.2 Å². The van der Waals surface area contributed by atoms with Gasteiger partial charge in [-0.3, -0.25) is 0 Å². The van der Waals surface area contributed by atoms with Gasteiger partial charge in [-0.1, -0.05) is 18.2 Å². The second-order valence-electron chi connectivity index (χ2n) is 5.83. The van der Waals surface area contributed by atoms with Crippen molar-refractivity contribution < 1.29 is 23.0 Å². The summed E-state index contributed by atoms with van der Waals surface area (Å²) in [5.74, 6) is -0.208. The summed E-state index contributed by atoms with van der Waals surface area (Å²) in [7, 11) is 3.01. The fourth-order valence-corrected chi connectivity index (χ4v) is 2.84. The summed E-state index contributed by atoms with van der Waals surface area (Å²) in [5.41, 5.74) is 0.505. The van der Waals surface area contributed by atoms with Crippen molar-refractivity contribution in [1.29, 1.82) is 0 Å². The number of nitrogens with zero attached hydrogens (tertiary/aromatic N) is 1. The zero-order valence-electron chi connectivity index (χ0n) is 14.7. The summed E-state index contributed by atoms with van der Waals surface area (Å²) >= 11 is 0. The van der Waals surface area contributed by atoms with Crippen LogP contribution in [0, 0.1) is 11.6 Å². The monoisotopic (exact) mass is 359 g/mol. The van der Waals surface area contributed by atoms with Crippen LogP contribution in [0.15, 0.2) is 48.7 Å². The van der Waals surface area contributed by atoms with Crippen LogP contribution in [0.5, 0.6) is 11.5 Å². The molecule has 3 aromatic rings. The van der Waals surface area contributed by atoms with E-state index in [4.69, 9.17) is 14.2 Å². The Morgan fingerprint density at radius 1 is 0.962 bits per heavy atom. The fourth-order valence-electron chi connectivity index (χ4n) is 2.84. The molecule has 2 atom stereocenters. The molecule has 1 heterocycles. The molecule has 4 nitrogen and oxygen atoms in total. The number of rotatable bonds is 6. The third-order valence-corrected chi connectivity index (χ3v) is 4.21. The highest BCUT2D eigenvalue weighted by Gasteiger charge is 2.26.